The van der Waals surface area contributed by atoms with E-state index in [9.17, 15) is 18.0 Å². The molecule has 198 valence electrons. The van der Waals surface area contributed by atoms with Gasteiger partial charge >= 0.3 is 0 Å². The molecule has 1 N–H and O–H groups in total. The number of nitrogens with zero attached hydrogens (tertiary/aromatic N) is 2. The van der Waals surface area contributed by atoms with E-state index < -0.39 is 28.5 Å². The molecular weight excluding hydrogens is 478 g/mol. The summed E-state index contributed by atoms with van der Waals surface area (Å²) in [5, 5.41) is 2.92. The van der Waals surface area contributed by atoms with Crippen LogP contribution in [0.2, 0.25) is 0 Å². The van der Waals surface area contributed by atoms with E-state index in [0.717, 1.165) is 28.1 Å². The van der Waals surface area contributed by atoms with Gasteiger partial charge in [-0.3, -0.25) is 13.9 Å². The molecule has 8 nitrogen and oxygen atoms in total. The smallest absolute Gasteiger partial charge is 0.244 e. The molecule has 36 heavy (non-hydrogen) atoms. The molecule has 0 heterocycles. The van der Waals surface area contributed by atoms with E-state index in [1.165, 1.54) is 4.90 Å². The molecule has 9 heteroatoms. The van der Waals surface area contributed by atoms with Crippen LogP contribution < -0.4 is 14.4 Å². The molecule has 0 aromatic heterocycles. The van der Waals surface area contributed by atoms with Gasteiger partial charge in [0, 0.05) is 12.6 Å². The third kappa shape index (κ3) is 7.71. The van der Waals surface area contributed by atoms with E-state index in [1.54, 1.807) is 38.3 Å². The van der Waals surface area contributed by atoms with Crippen LogP contribution in [0.4, 0.5) is 5.69 Å². The Balaban J connectivity index is 2.47. The maximum absolute atomic E-state index is 13.7. The van der Waals surface area contributed by atoms with Gasteiger partial charge in [-0.2, -0.15) is 0 Å². The molecule has 0 bridgehead atoms. The molecule has 2 rings (SSSR count). The fraction of sp³-hybridized carbons (Fsp3) is 0.481. The maximum atomic E-state index is 13.7. The number of hydrogen-bond donors (Lipinski definition) is 1. The van der Waals surface area contributed by atoms with Crippen LogP contribution in [-0.2, 0) is 26.2 Å². The van der Waals surface area contributed by atoms with Gasteiger partial charge in [-0.15, -0.1) is 0 Å². The Morgan fingerprint density at radius 1 is 1.03 bits per heavy atom. The van der Waals surface area contributed by atoms with Crippen LogP contribution in [0, 0.1) is 0 Å². The van der Waals surface area contributed by atoms with Gasteiger partial charge in [0.05, 0.1) is 19.1 Å². The summed E-state index contributed by atoms with van der Waals surface area (Å²) < 4.78 is 32.1. The van der Waals surface area contributed by atoms with Crippen LogP contribution in [0.25, 0.3) is 0 Å². The van der Waals surface area contributed by atoms with E-state index in [2.05, 4.69) is 5.32 Å². The van der Waals surface area contributed by atoms with E-state index in [4.69, 9.17) is 4.74 Å². The molecule has 0 saturated heterocycles. The predicted molar refractivity (Wildman–Crippen MR) is 144 cm³/mol. The number of anilines is 1. The van der Waals surface area contributed by atoms with Crippen LogP contribution in [0.3, 0.4) is 0 Å². The van der Waals surface area contributed by atoms with Crippen molar-refractivity contribution in [1.29, 1.82) is 0 Å². The first-order valence-corrected chi connectivity index (χ1v) is 14.0. The van der Waals surface area contributed by atoms with Crippen molar-refractivity contribution >= 4 is 27.5 Å². The van der Waals surface area contributed by atoms with Crippen molar-refractivity contribution in [3.05, 3.63) is 59.7 Å². The highest BCUT2D eigenvalue weighted by molar-refractivity contribution is 7.92. The normalized spacial score (nSPS) is 13.1. The first kappa shape index (κ1) is 29.2. The lowest BCUT2D eigenvalue weighted by Gasteiger charge is -2.32. The zero-order valence-electron chi connectivity index (χ0n) is 22.3. The molecule has 2 aromatic rings. The van der Waals surface area contributed by atoms with Gasteiger partial charge < -0.3 is 15.0 Å². The standard InChI is InChI=1S/C27H39N3O5S/c1-8-20(4)28-27(32)21(5)29(17-22-12-11-13-23(16-22)35-6)26(31)18-30(36(7,33)34)25-15-10-9-14-24(25)19(2)3/h9-16,19-21H,8,17-18H2,1-7H3,(H,28,32)/t20-,21-/m1/s1. The number of ether oxygens (including phenoxy) is 1. The Morgan fingerprint density at radius 2 is 1.69 bits per heavy atom. The molecule has 0 aliphatic rings. The molecule has 0 fully saturated rings. The van der Waals surface area contributed by atoms with E-state index in [-0.39, 0.29) is 24.4 Å². The Bertz CT molecular complexity index is 1150. The fourth-order valence-electron chi connectivity index (χ4n) is 3.81. The molecule has 0 spiro atoms. The van der Waals surface area contributed by atoms with Gasteiger partial charge in [0.2, 0.25) is 21.8 Å². The predicted octanol–water partition coefficient (Wildman–Crippen LogP) is 3.92. The third-order valence-electron chi connectivity index (χ3n) is 6.16. The van der Waals surface area contributed by atoms with Crippen molar-refractivity contribution in [3.63, 3.8) is 0 Å². The van der Waals surface area contributed by atoms with Crippen LogP contribution in [0.5, 0.6) is 5.75 Å². The molecule has 0 aliphatic carbocycles. The number of benzene rings is 2. The van der Waals surface area contributed by atoms with Crippen molar-refractivity contribution in [1.82, 2.24) is 10.2 Å². The van der Waals surface area contributed by atoms with E-state index in [0.29, 0.717) is 11.4 Å². The Morgan fingerprint density at radius 3 is 2.28 bits per heavy atom. The number of hydrogen-bond acceptors (Lipinski definition) is 5. The lowest BCUT2D eigenvalue weighted by Crippen LogP contribution is -2.52. The second-order valence-corrected chi connectivity index (χ2v) is 11.3. The van der Waals surface area contributed by atoms with Crippen molar-refractivity contribution in [3.8, 4) is 5.75 Å². The number of sulfonamides is 1. The number of para-hydroxylation sites is 1. The summed E-state index contributed by atoms with van der Waals surface area (Å²) in [7, 11) is -2.23. The molecule has 2 amide bonds. The van der Waals surface area contributed by atoms with Crippen LogP contribution in [0.1, 0.15) is 58.1 Å². The van der Waals surface area contributed by atoms with E-state index >= 15 is 0 Å². The number of methoxy groups -OCH3 is 1. The monoisotopic (exact) mass is 517 g/mol. The number of rotatable bonds is 12. The average Bonchev–Trinajstić information content (AvgIpc) is 2.84. The van der Waals surface area contributed by atoms with Gasteiger partial charge in [-0.25, -0.2) is 8.42 Å². The number of amides is 2. The van der Waals surface area contributed by atoms with Gasteiger partial charge in [0.25, 0.3) is 0 Å². The fourth-order valence-corrected chi connectivity index (χ4v) is 4.68. The van der Waals surface area contributed by atoms with E-state index in [1.807, 2.05) is 52.0 Å². The molecule has 0 saturated carbocycles. The number of nitrogens with one attached hydrogen (secondary N) is 1. The molecule has 2 atom stereocenters. The lowest BCUT2D eigenvalue weighted by molar-refractivity contribution is -0.139. The number of carbonyl (C=O) groups is 2. The largest absolute Gasteiger partial charge is 0.497 e. The highest BCUT2D eigenvalue weighted by Crippen LogP contribution is 2.29. The second-order valence-electron chi connectivity index (χ2n) is 9.35. The zero-order chi connectivity index (χ0) is 27.0. The summed E-state index contributed by atoms with van der Waals surface area (Å²) in [5.74, 6) is -0.100. The van der Waals surface area contributed by atoms with Crippen LogP contribution in [0.15, 0.2) is 48.5 Å². The molecule has 0 unspecified atom stereocenters. The summed E-state index contributed by atoms with van der Waals surface area (Å²) in [6.45, 7) is 9.15. The highest BCUT2D eigenvalue weighted by atomic mass is 32.2. The molecule has 2 aromatic carbocycles. The topological polar surface area (TPSA) is 96.0 Å². The first-order valence-electron chi connectivity index (χ1n) is 12.2. The summed E-state index contributed by atoms with van der Waals surface area (Å²) in [5.41, 5.74) is 2.04. The summed E-state index contributed by atoms with van der Waals surface area (Å²) in [6, 6.07) is 13.5. The maximum Gasteiger partial charge on any atom is 0.244 e. The molecule has 0 aliphatic heterocycles. The second kappa shape index (κ2) is 12.8. The highest BCUT2D eigenvalue weighted by Gasteiger charge is 2.31. The molecule has 0 radical (unpaired) electrons. The van der Waals surface area contributed by atoms with Crippen LogP contribution in [-0.4, -0.2) is 57.1 Å². The summed E-state index contributed by atoms with van der Waals surface area (Å²) in [6.07, 6.45) is 1.83. The summed E-state index contributed by atoms with van der Waals surface area (Å²) >= 11 is 0. The minimum Gasteiger partial charge on any atom is -0.497 e. The van der Waals surface area contributed by atoms with Gasteiger partial charge in [0.15, 0.2) is 0 Å². The van der Waals surface area contributed by atoms with Gasteiger partial charge in [-0.1, -0.05) is 51.1 Å². The molecular formula is C27H39N3O5S. The quantitative estimate of drug-likeness (QED) is 0.460. The van der Waals surface area contributed by atoms with Gasteiger partial charge in [0.1, 0.15) is 18.3 Å². The van der Waals surface area contributed by atoms with Crippen molar-refractivity contribution in [2.24, 2.45) is 0 Å². The van der Waals surface area contributed by atoms with Crippen molar-refractivity contribution < 1.29 is 22.7 Å². The first-order chi connectivity index (χ1) is 16.9. The van der Waals surface area contributed by atoms with Crippen molar-refractivity contribution in [2.75, 3.05) is 24.2 Å². The average molecular weight is 518 g/mol. The number of carbonyl (C=O) groups excluding carboxylic acids is 2. The third-order valence-corrected chi connectivity index (χ3v) is 7.29. The Hall–Kier alpha value is -3.07. The van der Waals surface area contributed by atoms with Gasteiger partial charge in [-0.05, 0) is 55.5 Å². The zero-order valence-corrected chi connectivity index (χ0v) is 23.1. The summed E-state index contributed by atoms with van der Waals surface area (Å²) in [4.78, 5) is 28.1. The minimum absolute atomic E-state index is 0.0497. The lowest BCUT2D eigenvalue weighted by atomic mass is 10.0. The SMILES string of the molecule is CC[C@@H](C)NC(=O)[C@@H](C)N(Cc1cccc(OC)c1)C(=O)CN(c1ccccc1C(C)C)S(C)(=O)=O. The van der Waals surface area contributed by atoms with Crippen LogP contribution >= 0.6 is 0 Å². The minimum atomic E-state index is -3.79. The Labute approximate surface area is 215 Å². The Kier molecular flexibility index (Phi) is 10.3. The van der Waals surface area contributed by atoms with Crippen molar-refractivity contribution in [2.45, 2.75) is 65.6 Å².